The summed E-state index contributed by atoms with van der Waals surface area (Å²) in [4.78, 5) is 12.5. The van der Waals surface area contributed by atoms with E-state index in [1.807, 2.05) is 0 Å². The van der Waals surface area contributed by atoms with E-state index in [2.05, 4.69) is 67.8 Å². The third-order valence-electron chi connectivity index (χ3n) is 11.6. The highest BCUT2D eigenvalue weighted by Gasteiger charge is 2.20. The number of aliphatic hydroxyl groups excluding tert-OH is 2. The summed E-state index contributed by atoms with van der Waals surface area (Å²) in [5.41, 5.74) is 0. The molecule has 2 atom stereocenters. The lowest BCUT2D eigenvalue weighted by Crippen LogP contribution is -2.45. The van der Waals surface area contributed by atoms with Crippen LogP contribution in [0.5, 0.6) is 0 Å². The quantitative estimate of drug-likeness (QED) is 0.0424. The number of amides is 1. The molecular formula is C53H99NO3. The van der Waals surface area contributed by atoms with Gasteiger partial charge in [0.15, 0.2) is 0 Å². The van der Waals surface area contributed by atoms with Crippen LogP contribution in [0.2, 0.25) is 0 Å². The van der Waals surface area contributed by atoms with E-state index in [4.69, 9.17) is 0 Å². The molecule has 2 unspecified atom stereocenters. The molecule has 0 aliphatic carbocycles. The average Bonchev–Trinajstić information content (AvgIpc) is 3.22. The van der Waals surface area contributed by atoms with E-state index in [1.165, 1.54) is 186 Å². The second kappa shape index (κ2) is 48.7. The molecule has 0 aliphatic rings. The van der Waals surface area contributed by atoms with Crippen LogP contribution >= 0.6 is 0 Å². The molecule has 0 aromatic carbocycles. The minimum Gasteiger partial charge on any atom is -0.394 e. The molecule has 0 saturated carbocycles. The summed E-state index contributed by atoms with van der Waals surface area (Å²) in [6.07, 6.45) is 66.4. The lowest BCUT2D eigenvalue weighted by molar-refractivity contribution is -0.123. The first kappa shape index (κ1) is 55.4. The highest BCUT2D eigenvalue weighted by Crippen LogP contribution is 2.17. The highest BCUT2D eigenvalue weighted by atomic mass is 16.3. The number of carbonyl (C=O) groups excluding carboxylic acids is 1. The summed E-state index contributed by atoms with van der Waals surface area (Å²) in [5.74, 6) is -0.0384. The first-order chi connectivity index (χ1) is 28.2. The van der Waals surface area contributed by atoms with Gasteiger partial charge >= 0.3 is 0 Å². The molecule has 0 aliphatic heterocycles. The van der Waals surface area contributed by atoms with Crippen molar-refractivity contribution < 1.29 is 15.0 Å². The Balaban J connectivity index is 3.49. The molecular weight excluding hydrogens is 699 g/mol. The van der Waals surface area contributed by atoms with Gasteiger partial charge in [-0.3, -0.25) is 4.79 Å². The Morgan fingerprint density at radius 3 is 1.16 bits per heavy atom. The standard InChI is InChI=1S/C53H99NO3/c1-3-5-7-9-11-13-15-17-19-21-23-25-26-27-29-30-32-34-36-38-40-42-44-46-48-52(56)51(50-55)54-53(57)49-47-45-43-41-39-37-35-33-31-28-24-22-20-18-16-14-12-10-8-6-4-2/h6,8,12,14,18,20,24,28,51-52,55-56H,3-5,7,9-11,13,15-17,19,21-23,25-27,29-50H2,1-2H3,(H,54,57)/b8-6-,14-12-,20-18-,28-24-. The Labute approximate surface area is 356 Å². The molecule has 3 N–H and O–H groups in total. The summed E-state index contributed by atoms with van der Waals surface area (Å²) in [7, 11) is 0. The van der Waals surface area contributed by atoms with E-state index in [-0.39, 0.29) is 12.5 Å². The Morgan fingerprint density at radius 2 is 0.772 bits per heavy atom. The van der Waals surface area contributed by atoms with Gasteiger partial charge in [0.2, 0.25) is 5.91 Å². The van der Waals surface area contributed by atoms with Gasteiger partial charge in [-0.25, -0.2) is 0 Å². The fourth-order valence-corrected chi connectivity index (χ4v) is 7.77. The monoisotopic (exact) mass is 798 g/mol. The van der Waals surface area contributed by atoms with Gasteiger partial charge in [0.05, 0.1) is 18.8 Å². The van der Waals surface area contributed by atoms with Gasteiger partial charge in [-0.1, -0.05) is 255 Å². The van der Waals surface area contributed by atoms with E-state index >= 15 is 0 Å². The maximum atomic E-state index is 12.5. The van der Waals surface area contributed by atoms with Crippen molar-refractivity contribution in [1.82, 2.24) is 5.32 Å². The van der Waals surface area contributed by atoms with Gasteiger partial charge in [-0.05, 0) is 51.4 Å². The van der Waals surface area contributed by atoms with Crippen LogP contribution in [0, 0.1) is 0 Å². The van der Waals surface area contributed by atoms with Gasteiger partial charge < -0.3 is 15.5 Å². The second-order valence-corrected chi connectivity index (χ2v) is 17.2. The number of aliphatic hydroxyl groups is 2. The highest BCUT2D eigenvalue weighted by molar-refractivity contribution is 5.76. The molecule has 334 valence electrons. The average molecular weight is 798 g/mol. The maximum absolute atomic E-state index is 12.5. The SMILES string of the molecule is CC/C=C\C/C=C\C/C=C\C/C=C\CCCCCCCCCCC(=O)NC(CO)C(O)CCCCCCCCCCCCCCCCCCCCCCCCCC. The molecule has 4 heteroatoms. The fourth-order valence-electron chi connectivity index (χ4n) is 7.77. The summed E-state index contributed by atoms with van der Waals surface area (Å²) < 4.78 is 0. The first-order valence-electron chi connectivity index (χ1n) is 25.3. The van der Waals surface area contributed by atoms with Crippen molar-refractivity contribution in [3.8, 4) is 0 Å². The van der Waals surface area contributed by atoms with Crippen molar-refractivity contribution in [3.63, 3.8) is 0 Å². The van der Waals surface area contributed by atoms with Crippen LogP contribution in [0.4, 0.5) is 0 Å². The predicted molar refractivity (Wildman–Crippen MR) is 253 cm³/mol. The van der Waals surface area contributed by atoms with Crippen LogP contribution < -0.4 is 5.32 Å². The van der Waals surface area contributed by atoms with Gasteiger partial charge in [0.25, 0.3) is 0 Å². The maximum Gasteiger partial charge on any atom is 0.220 e. The number of rotatable bonds is 46. The molecule has 1 amide bonds. The second-order valence-electron chi connectivity index (χ2n) is 17.2. The zero-order valence-electron chi connectivity index (χ0n) is 38.4. The van der Waals surface area contributed by atoms with E-state index < -0.39 is 12.1 Å². The largest absolute Gasteiger partial charge is 0.394 e. The van der Waals surface area contributed by atoms with Crippen LogP contribution in [0.15, 0.2) is 48.6 Å². The van der Waals surface area contributed by atoms with E-state index in [9.17, 15) is 15.0 Å². The lowest BCUT2D eigenvalue weighted by Gasteiger charge is -2.22. The summed E-state index contributed by atoms with van der Waals surface area (Å²) in [6, 6.07) is -0.543. The van der Waals surface area contributed by atoms with E-state index in [0.29, 0.717) is 12.8 Å². The number of unbranched alkanes of at least 4 members (excludes halogenated alkanes) is 31. The zero-order valence-corrected chi connectivity index (χ0v) is 38.4. The lowest BCUT2D eigenvalue weighted by atomic mass is 10.0. The topological polar surface area (TPSA) is 69.6 Å². The smallest absolute Gasteiger partial charge is 0.220 e. The van der Waals surface area contributed by atoms with Crippen LogP contribution in [0.3, 0.4) is 0 Å². The molecule has 0 aromatic rings. The molecule has 0 saturated heterocycles. The Morgan fingerprint density at radius 1 is 0.439 bits per heavy atom. The molecule has 0 radical (unpaired) electrons. The molecule has 57 heavy (non-hydrogen) atoms. The van der Waals surface area contributed by atoms with Crippen molar-refractivity contribution in [3.05, 3.63) is 48.6 Å². The predicted octanol–water partition coefficient (Wildman–Crippen LogP) is 16.3. The minimum atomic E-state index is -0.665. The molecule has 0 spiro atoms. The van der Waals surface area contributed by atoms with Gasteiger partial charge in [-0.2, -0.15) is 0 Å². The van der Waals surface area contributed by atoms with E-state index in [1.54, 1.807) is 0 Å². The van der Waals surface area contributed by atoms with Crippen LogP contribution in [0.25, 0.3) is 0 Å². The third-order valence-corrected chi connectivity index (χ3v) is 11.6. The van der Waals surface area contributed by atoms with Crippen molar-refractivity contribution in [2.45, 2.75) is 276 Å². The molecule has 0 aromatic heterocycles. The first-order valence-corrected chi connectivity index (χ1v) is 25.3. The number of allylic oxidation sites excluding steroid dienone is 8. The van der Waals surface area contributed by atoms with Crippen molar-refractivity contribution in [2.75, 3.05) is 6.61 Å². The molecule has 4 nitrogen and oxygen atoms in total. The number of carbonyl (C=O) groups is 1. The van der Waals surface area contributed by atoms with Crippen LogP contribution in [-0.2, 0) is 4.79 Å². The van der Waals surface area contributed by atoms with Crippen molar-refractivity contribution >= 4 is 5.91 Å². The Kier molecular flexibility index (Phi) is 47.3. The minimum absolute atomic E-state index is 0.0384. The molecule has 0 fully saturated rings. The molecule has 0 heterocycles. The Hall–Kier alpha value is -1.65. The van der Waals surface area contributed by atoms with Crippen LogP contribution in [-0.4, -0.2) is 34.9 Å². The van der Waals surface area contributed by atoms with Crippen molar-refractivity contribution in [1.29, 1.82) is 0 Å². The molecule has 0 rings (SSSR count). The van der Waals surface area contributed by atoms with Gasteiger partial charge in [0, 0.05) is 6.42 Å². The number of hydrogen-bond acceptors (Lipinski definition) is 3. The number of nitrogens with one attached hydrogen (secondary N) is 1. The zero-order chi connectivity index (χ0) is 41.4. The molecule has 0 bridgehead atoms. The fraction of sp³-hybridized carbons (Fsp3) is 0.830. The van der Waals surface area contributed by atoms with Crippen LogP contribution in [0.1, 0.15) is 264 Å². The third kappa shape index (κ3) is 45.3. The van der Waals surface area contributed by atoms with E-state index in [0.717, 1.165) is 51.4 Å². The Bertz CT molecular complexity index is 908. The van der Waals surface area contributed by atoms with Gasteiger partial charge in [-0.15, -0.1) is 0 Å². The summed E-state index contributed by atoms with van der Waals surface area (Å²) in [5, 5.41) is 23.3. The summed E-state index contributed by atoms with van der Waals surface area (Å²) in [6.45, 7) is 4.26. The number of hydrogen-bond donors (Lipinski definition) is 3. The normalized spacial score (nSPS) is 13.3. The van der Waals surface area contributed by atoms with Crippen molar-refractivity contribution in [2.24, 2.45) is 0 Å². The van der Waals surface area contributed by atoms with Gasteiger partial charge in [0.1, 0.15) is 0 Å². The summed E-state index contributed by atoms with van der Waals surface area (Å²) >= 11 is 0.